The SMILES string of the molecule is CNCC(C(C)C)C(NC)c1ccc(F)cc1F. The quantitative estimate of drug-likeness (QED) is 0.817. The number of rotatable bonds is 6. The molecule has 2 N–H and O–H groups in total. The van der Waals surface area contributed by atoms with E-state index in [4.69, 9.17) is 0 Å². The Bertz CT molecular complexity index is 380. The van der Waals surface area contributed by atoms with Gasteiger partial charge in [-0.1, -0.05) is 19.9 Å². The summed E-state index contributed by atoms with van der Waals surface area (Å²) in [5.41, 5.74) is 0.521. The van der Waals surface area contributed by atoms with E-state index in [2.05, 4.69) is 24.5 Å². The van der Waals surface area contributed by atoms with E-state index in [-0.39, 0.29) is 12.0 Å². The lowest BCUT2D eigenvalue weighted by Crippen LogP contribution is -2.35. The molecule has 0 aromatic heterocycles. The molecule has 0 saturated carbocycles. The lowest BCUT2D eigenvalue weighted by atomic mass is 9.84. The van der Waals surface area contributed by atoms with Crippen LogP contribution < -0.4 is 10.6 Å². The molecule has 0 bridgehead atoms. The zero-order chi connectivity index (χ0) is 13.7. The van der Waals surface area contributed by atoms with Crippen LogP contribution in [0, 0.1) is 23.5 Å². The Morgan fingerprint density at radius 2 is 1.83 bits per heavy atom. The molecule has 1 aromatic rings. The van der Waals surface area contributed by atoms with Gasteiger partial charge in [0.1, 0.15) is 11.6 Å². The van der Waals surface area contributed by atoms with Gasteiger partial charge in [0.15, 0.2) is 0 Å². The summed E-state index contributed by atoms with van der Waals surface area (Å²) < 4.78 is 26.8. The predicted octanol–water partition coefficient (Wildman–Crippen LogP) is 2.72. The Kier molecular flexibility index (Phi) is 5.69. The van der Waals surface area contributed by atoms with Gasteiger partial charge in [-0.05, 0) is 38.5 Å². The van der Waals surface area contributed by atoms with Crippen molar-refractivity contribution < 1.29 is 8.78 Å². The van der Waals surface area contributed by atoms with E-state index >= 15 is 0 Å². The summed E-state index contributed by atoms with van der Waals surface area (Å²) >= 11 is 0. The van der Waals surface area contributed by atoms with Gasteiger partial charge in [0.2, 0.25) is 0 Å². The van der Waals surface area contributed by atoms with E-state index in [0.29, 0.717) is 11.5 Å². The minimum absolute atomic E-state index is 0.127. The molecule has 0 aliphatic rings. The van der Waals surface area contributed by atoms with E-state index in [9.17, 15) is 8.78 Å². The Labute approximate surface area is 108 Å². The van der Waals surface area contributed by atoms with Crippen molar-refractivity contribution in [1.29, 1.82) is 0 Å². The zero-order valence-electron chi connectivity index (χ0n) is 11.4. The lowest BCUT2D eigenvalue weighted by molar-refractivity contribution is 0.279. The summed E-state index contributed by atoms with van der Waals surface area (Å²) in [4.78, 5) is 0. The number of benzene rings is 1. The highest BCUT2D eigenvalue weighted by molar-refractivity contribution is 5.23. The van der Waals surface area contributed by atoms with Gasteiger partial charge >= 0.3 is 0 Å². The fraction of sp³-hybridized carbons (Fsp3) is 0.571. The van der Waals surface area contributed by atoms with Gasteiger partial charge in [-0.3, -0.25) is 0 Å². The molecule has 1 rings (SSSR count). The van der Waals surface area contributed by atoms with Crippen LogP contribution >= 0.6 is 0 Å². The van der Waals surface area contributed by atoms with Gasteiger partial charge in [-0.15, -0.1) is 0 Å². The Morgan fingerprint density at radius 3 is 2.28 bits per heavy atom. The van der Waals surface area contributed by atoms with Crippen LogP contribution in [0.25, 0.3) is 0 Å². The normalized spacial score (nSPS) is 14.8. The second kappa shape index (κ2) is 6.81. The molecule has 18 heavy (non-hydrogen) atoms. The lowest BCUT2D eigenvalue weighted by Gasteiger charge is -2.30. The van der Waals surface area contributed by atoms with Crippen molar-refractivity contribution in [3.63, 3.8) is 0 Å². The minimum Gasteiger partial charge on any atom is -0.319 e. The number of halogens is 2. The number of hydrogen-bond donors (Lipinski definition) is 2. The molecule has 2 nitrogen and oxygen atoms in total. The fourth-order valence-corrected chi connectivity index (χ4v) is 2.33. The maximum Gasteiger partial charge on any atom is 0.130 e. The fourth-order valence-electron chi connectivity index (χ4n) is 2.33. The van der Waals surface area contributed by atoms with Gasteiger partial charge < -0.3 is 10.6 Å². The van der Waals surface area contributed by atoms with Crippen LogP contribution in [0.5, 0.6) is 0 Å². The largest absolute Gasteiger partial charge is 0.319 e. The first-order chi connectivity index (χ1) is 8.51. The molecule has 0 fully saturated rings. The molecule has 0 spiro atoms. The second-order valence-corrected chi connectivity index (χ2v) is 4.90. The van der Waals surface area contributed by atoms with Gasteiger partial charge in [-0.2, -0.15) is 0 Å². The summed E-state index contributed by atoms with van der Waals surface area (Å²) in [6.07, 6.45) is 0. The summed E-state index contributed by atoms with van der Waals surface area (Å²) in [6.45, 7) is 4.99. The maximum atomic E-state index is 13.9. The molecule has 0 aliphatic heterocycles. The molecule has 0 heterocycles. The molecule has 102 valence electrons. The third-order valence-corrected chi connectivity index (χ3v) is 3.33. The molecular weight excluding hydrogens is 234 g/mol. The highest BCUT2D eigenvalue weighted by Crippen LogP contribution is 2.29. The highest BCUT2D eigenvalue weighted by Gasteiger charge is 2.26. The molecule has 0 radical (unpaired) electrons. The van der Waals surface area contributed by atoms with Crippen molar-refractivity contribution in [1.82, 2.24) is 10.6 Å². The Hall–Kier alpha value is -1.00. The Morgan fingerprint density at radius 1 is 1.17 bits per heavy atom. The molecule has 4 heteroatoms. The average Bonchev–Trinajstić information content (AvgIpc) is 2.31. The van der Waals surface area contributed by atoms with Crippen molar-refractivity contribution in [3.8, 4) is 0 Å². The third kappa shape index (κ3) is 3.50. The van der Waals surface area contributed by atoms with E-state index in [1.54, 1.807) is 7.05 Å². The van der Waals surface area contributed by atoms with Crippen LogP contribution in [-0.4, -0.2) is 20.6 Å². The monoisotopic (exact) mass is 256 g/mol. The van der Waals surface area contributed by atoms with Crippen molar-refractivity contribution in [2.24, 2.45) is 11.8 Å². The highest BCUT2D eigenvalue weighted by atomic mass is 19.1. The second-order valence-electron chi connectivity index (χ2n) is 4.90. The van der Waals surface area contributed by atoms with Gasteiger partial charge in [0.25, 0.3) is 0 Å². The van der Waals surface area contributed by atoms with Gasteiger partial charge in [0, 0.05) is 17.7 Å². The van der Waals surface area contributed by atoms with Crippen LogP contribution in [0.15, 0.2) is 18.2 Å². The van der Waals surface area contributed by atoms with Crippen LogP contribution in [0.3, 0.4) is 0 Å². The maximum absolute atomic E-state index is 13.9. The average molecular weight is 256 g/mol. The molecule has 1 aromatic carbocycles. The standard InChI is InChI=1S/C14H22F2N2/c1-9(2)12(8-17-3)14(18-4)11-6-5-10(15)7-13(11)16/h5-7,9,12,14,17-18H,8H2,1-4H3. The topological polar surface area (TPSA) is 24.1 Å². The van der Waals surface area contributed by atoms with E-state index in [1.807, 2.05) is 7.05 Å². The summed E-state index contributed by atoms with van der Waals surface area (Å²) in [5, 5.41) is 6.27. The van der Waals surface area contributed by atoms with E-state index in [0.717, 1.165) is 12.6 Å². The van der Waals surface area contributed by atoms with Crippen molar-refractivity contribution >= 4 is 0 Å². The minimum atomic E-state index is -0.541. The number of hydrogen-bond acceptors (Lipinski definition) is 2. The molecule has 0 aliphatic carbocycles. The molecule has 0 saturated heterocycles. The van der Waals surface area contributed by atoms with Crippen LogP contribution in [0.4, 0.5) is 8.78 Å². The zero-order valence-corrected chi connectivity index (χ0v) is 11.4. The van der Waals surface area contributed by atoms with Crippen LogP contribution in [0.2, 0.25) is 0 Å². The van der Waals surface area contributed by atoms with E-state index in [1.165, 1.54) is 12.1 Å². The van der Waals surface area contributed by atoms with Crippen molar-refractivity contribution in [2.75, 3.05) is 20.6 Å². The first-order valence-corrected chi connectivity index (χ1v) is 6.28. The summed E-state index contributed by atoms with van der Waals surface area (Å²) in [7, 11) is 3.68. The van der Waals surface area contributed by atoms with Gasteiger partial charge in [0.05, 0.1) is 0 Å². The first kappa shape index (κ1) is 15.1. The van der Waals surface area contributed by atoms with Crippen LogP contribution in [0.1, 0.15) is 25.5 Å². The Balaban J connectivity index is 3.06. The predicted molar refractivity (Wildman–Crippen MR) is 70.4 cm³/mol. The molecule has 0 amide bonds. The smallest absolute Gasteiger partial charge is 0.130 e. The summed E-state index contributed by atoms with van der Waals surface area (Å²) in [5.74, 6) is -0.406. The van der Waals surface area contributed by atoms with Crippen LogP contribution in [-0.2, 0) is 0 Å². The third-order valence-electron chi connectivity index (χ3n) is 3.33. The van der Waals surface area contributed by atoms with Crippen molar-refractivity contribution in [2.45, 2.75) is 19.9 Å². The molecule has 2 atom stereocenters. The van der Waals surface area contributed by atoms with Gasteiger partial charge in [-0.25, -0.2) is 8.78 Å². The molecular formula is C14H22F2N2. The number of nitrogens with one attached hydrogen (secondary N) is 2. The summed E-state index contributed by atoms with van der Waals surface area (Å²) in [6, 6.07) is 3.64. The first-order valence-electron chi connectivity index (χ1n) is 6.28. The molecule has 2 unspecified atom stereocenters. The van der Waals surface area contributed by atoms with Crippen molar-refractivity contribution in [3.05, 3.63) is 35.4 Å². The van der Waals surface area contributed by atoms with E-state index < -0.39 is 11.6 Å².